The quantitative estimate of drug-likeness (QED) is 0.158. The molecule has 0 saturated heterocycles. The Hall–Kier alpha value is -2.05. The van der Waals surface area contributed by atoms with Gasteiger partial charge in [0.05, 0.1) is 29.5 Å². The van der Waals surface area contributed by atoms with Crippen LogP contribution in [0, 0.1) is 11.8 Å². The van der Waals surface area contributed by atoms with Crippen molar-refractivity contribution in [1.82, 2.24) is 14.9 Å². The summed E-state index contributed by atoms with van der Waals surface area (Å²) in [6.07, 6.45) is -3.87. The summed E-state index contributed by atoms with van der Waals surface area (Å²) in [6.45, 7) is 7.53. The molecule has 3 atom stereocenters. The number of hydrogen-bond acceptors (Lipinski definition) is 4. The van der Waals surface area contributed by atoms with E-state index in [4.69, 9.17) is 15.5 Å². The summed E-state index contributed by atoms with van der Waals surface area (Å²) >= 11 is 0. The lowest BCUT2D eigenvalue weighted by molar-refractivity contribution is -0.144. The Labute approximate surface area is 233 Å². The highest BCUT2D eigenvalue weighted by Gasteiger charge is 2.40. The van der Waals surface area contributed by atoms with Gasteiger partial charge in [0.25, 0.3) is 0 Å². The molecule has 1 aromatic carbocycles. The number of rotatable bonds is 12. The van der Waals surface area contributed by atoms with Crippen LogP contribution in [0.5, 0.6) is 0 Å². The molecule has 2 aliphatic carbocycles. The van der Waals surface area contributed by atoms with Gasteiger partial charge in [0.15, 0.2) is 0 Å². The van der Waals surface area contributed by atoms with E-state index in [9.17, 15) is 26.7 Å². The minimum absolute atomic E-state index is 0.132. The number of carbonyl (C=O) groups excluding carboxylic acids is 1. The van der Waals surface area contributed by atoms with E-state index < -0.39 is 56.9 Å². The molecular weight excluding hydrogens is 547 g/mol. The van der Waals surface area contributed by atoms with E-state index in [1.165, 1.54) is 0 Å². The molecule has 2 fully saturated rings. The van der Waals surface area contributed by atoms with E-state index in [1.807, 2.05) is 22.8 Å². The minimum Gasteiger partial charge on any atom is -0.361 e. The second kappa shape index (κ2) is 12.0. The predicted molar refractivity (Wildman–Crippen MR) is 147 cm³/mol. The number of halogens is 5. The van der Waals surface area contributed by atoms with Crippen molar-refractivity contribution in [2.75, 3.05) is 6.61 Å². The number of nitrogens with two attached hydrogens (primary N) is 1. The van der Waals surface area contributed by atoms with Crippen molar-refractivity contribution in [3.8, 4) is 0 Å². The number of hydrogen-bond donors (Lipinski definition) is 2. The molecule has 12 heteroatoms. The van der Waals surface area contributed by atoms with Gasteiger partial charge in [-0.15, -0.1) is 0 Å². The van der Waals surface area contributed by atoms with E-state index in [-0.39, 0.29) is 25.5 Å². The van der Waals surface area contributed by atoms with Crippen molar-refractivity contribution < 1.29 is 31.5 Å². The van der Waals surface area contributed by atoms with Gasteiger partial charge >= 0.3 is 6.18 Å². The number of nitrogens with zero attached hydrogens (tertiary/aromatic N) is 2. The molecule has 1 amide bonds. The van der Waals surface area contributed by atoms with Crippen molar-refractivity contribution >= 4 is 25.0 Å². The molecule has 1 aromatic heterocycles. The van der Waals surface area contributed by atoms with Crippen LogP contribution in [0.1, 0.15) is 74.8 Å². The maximum Gasteiger partial charge on any atom is 0.389 e. The SMILES string of the molecule is C[Si](C)(C)CCOCn1c([C@@H](N)[C@@H]2CCCC(F)(F)C2)nc2cc([C@H](NC(=O)CCC(F)(F)F)C3CC3)ccc21. The first-order valence-electron chi connectivity index (χ1n) is 14.2. The van der Waals surface area contributed by atoms with Crippen LogP contribution in [0.3, 0.4) is 0 Å². The van der Waals surface area contributed by atoms with Crippen molar-refractivity contribution in [2.24, 2.45) is 17.6 Å². The molecule has 0 unspecified atom stereocenters. The summed E-state index contributed by atoms with van der Waals surface area (Å²) in [7, 11) is -1.32. The first-order chi connectivity index (χ1) is 18.6. The number of imidazole rings is 1. The Bertz CT molecular complexity index is 1180. The van der Waals surface area contributed by atoms with Crippen LogP contribution < -0.4 is 11.1 Å². The highest BCUT2D eigenvalue weighted by atomic mass is 28.3. The fourth-order valence-electron chi connectivity index (χ4n) is 5.41. The topological polar surface area (TPSA) is 82.2 Å². The van der Waals surface area contributed by atoms with E-state index in [0.29, 0.717) is 30.8 Å². The standard InChI is InChI=1S/C28H41F5N4O2Si/c1-40(2,3)14-13-39-17-37-22-9-8-19(25(18-6-7-18)36-23(38)10-12-28(31,32)33)15-21(22)35-26(37)24(34)20-5-4-11-27(29,30)16-20/h8-9,15,18,20,24-25H,4-7,10-14,16-17,34H2,1-3H3,(H,36,38)/t20-,24+,25-/m1/s1. The lowest BCUT2D eigenvalue weighted by Gasteiger charge is -2.32. The summed E-state index contributed by atoms with van der Waals surface area (Å²) in [5, 5.41) is 2.79. The van der Waals surface area contributed by atoms with Gasteiger partial charge in [-0.05, 0) is 61.3 Å². The van der Waals surface area contributed by atoms with Crippen LogP contribution in [0.15, 0.2) is 18.2 Å². The number of amides is 1. The number of alkyl halides is 5. The molecule has 224 valence electrons. The monoisotopic (exact) mass is 588 g/mol. The second-order valence-corrected chi connectivity index (χ2v) is 18.4. The molecule has 4 rings (SSSR count). The number of aromatic nitrogens is 2. The molecule has 40 heavy (non-hydrogen) atoms. The molecule has 2 saturated carbocycles. The Morgan fingerprint density at radius 3 is 2.58 bits per heavy atom. The zero-order chi connectivity index (χ0) is 29.3. The van der Waals surface area contributed by atoms with Crippen molar-refractivity contribution in [3.05, 3.63) is 29.6 Å². The third-order valence-corrected chi connectivity index (χ3v) is 9.61. The molecule has 0 spiro atoms. The first-order valence-corrected chi connectivity index (χ1v) is 17.9. The third-order valence-electron chi connectivity index (χ3n) is 7.91. The lowest BCUT2D eigenvalue weighted by Crippen LogP contribution is -2.34. The Morgan fingerprint density at radius 2 is 1.95 bits per heavy atom. The number of fused-ring (bicyclic) bond motifs is 1. The Balaban J connectivity index is 1.60. The predicted octanol–water partition coefficient (Wildman–Crippen LogP) is 7.08. The largest absolute Gasteiger partial charge is 0.389 e. The summed E-state index contributed by atoms with van der Waals surface area (Å²) in [5.74, 6) is -3.18. The van der Waals surface area contributed by atoms with Crippen LogP contribution in [0.4, 0.5) is 22.0 Å². The average Bonchev–Trinajstić information content (AvgIpc) is 3.62. The van der Waals surface area contributed by atoms with Crippen LogP contribution in [-0.4, -0.2) is 42.2 Å². The summed E-state index contributed by atoms with van der Waals surface area (Å²) in [6, 6.07) is 5.37. The van der Waals surface area contributed by atoms with Gasteiger partial charge < -0.3 is 20.4 Å². The molecule has 1 heterocycles. The zero-order valence-electron chi connectivity index (χ0n) is 23.5. The van der Waals surface area contributed by atoms with E-state index in [2.05, 4.69) is 25.0 Å². The van der Waals surface area contributed by atoms with Gasteiger partial charge in [-0.25, -0.2) is 13.8 Å². The van der Waals surface area contributed by atoms with Crippen molar-refractivity contribution in [1.29, 1.82) is 0 Å². The molecule has 2 aromatic rings. The van der Waals surface area contributed by atoms with Crippen LogP contribution in [0.2, 0.25) is 25.7 Å². The normalized spacial score (nSPS) is 21.4. The molecule has 2 aliphatic rings. The lowest BCUT2D eigenvalue weighted by atomic mass is 9.82. The summed E-state index contributed by atoms with van der Waals surface area (Å²) in [4.78, 5) is 17.1. The van der Waals surface area contributed by atoms with E-state index in [1.54, 1.807) is 0 Å². The van der Waals surface area contributed by atoms with Gasteiger partial charge in [-0.3, -0.25) is 4.79 Å². The molecular formula is C28H41F5N4O2Si. The smallest absolute Gasteiger partial charge is 0.361 e. The maximum absolute atomic E-state index is 14.2. The summed E-state index contributed by atoms with van der Waals surface area (Å²) in [5.41, 5.74) is 8.69. The number of benzene rings is 1. The van der Waals surface area contributed by atoms with Gasteiger partial charge in [0, 0.05) is 33.9 Å². The Kier molecular flexibility index (Phi) is 9.31. The maximum atomic E-state index is 14.2. The molecule has 0 aliphatic heterocycles. The molecule has 6 nitrogen and oxygen atoms in total. The summed E-state index contributed by atoms with van der Waals surface area (Å²) < 4.78 is 74.2. The highest BCUT2D eigenvalue weighted by Crippen LogP contribution is 2.43. The first kappa shape index (κ1) is 30.9. The van der Waals surface area contributed by atoms with E-state index >= 15 is 0 Å². The highest BCUT2D eigenvalue weighted by molar-refractivity contribution is 6.76. The van der Waals surface area contributed by atoms with Crippen molar-refractivity contribution in [2.45, 2.75) is 108 Å². The zero-order valence-corrected chi connectivity index (χ0v) is 24.5. The van der Waals surface area contributed by atoms with Gasteiger partial charge in [-0.1, -0.05) is 25.7 Å². The number of ether oxygens (including phenoxy) is 1. The fourth-order valence-corrected chi connectivity index (χ4v) is 6.17. The van der Waals surface area contributed by atoms with Crippen molar-refractivity contribution in [3.63, 3.8) is 0 Å². The second-order valence-electron chi connectivity index (χ2n) is 12.7. The molecule has 0 radical (unpaired) electrons. The minimum atomic E-state index is -4.40. The van der Waals surface area contributed by atoms with Gasteiger partial charge in [0.2, 0.25) is 11.8 Å². The average molecular weight is 589 g/mol. The Morgan fingerprint density at radius 1 is 1.23 bits per heavy atom. The van der Waals surface area contributed by atoms with Crippen LogP contribution in [0.25, 0.3) is 11.0 Å². The third kappa shape index (κ3) is 8.48. The van der Waals surface area contributed by atoms with Gasteiger partial charge in [0.1, 0.15) is 12.6 Å². The fraction of sp³-hybridized carbons (Fsp3) is 0.714. The molecule has 0 bridgehead atoms. The van der Waals surface area contributed by atoms with Gasteiger partial charge in [-0.2, -0.15) is 13.2 Å². The van der Waals surface area contributed by atoms with E-state index in [0.717, 1.165) is 30.0 Å². The number of carbonyl (C=O) groups is 1. The molecule has 3 N–H and O–H groups in total. The van der Waals surface area contributed by atoms with Crippen LogP contribution >= 0.6 is 0 Å². The van der Waals surface area contributed by atoms with Crippen LogP contribution in [-0.2, 0) is 16.3 Å². The number of nitrogens with one attached hydrogen (secondary N) is 1.